The number of carbonyl (C=O) groups is 1. The highest BCUT2D eigenvalue weighted by Gasteiger charge is 2.51. The SMILES string of the molecule is CCCCSCC(NCC)(C(=O)OC)C1CC1. The van der Waals surface area contributed by atoms with Crippen molar-refractivity contribution in [2.75, 3.05) is 25.2 Å². The predicted molar refractivity (Wildman–Crippen MR) is 73.4 cm³/mol. The second-order valence-corrected chi connectivity index (χ2v) is 5.78. The fraction of sp³-hybridized carbons (Fsp3) is 0.923. The number of carbonyl (C=O) groups excluding carboxylic acids is 1. The molecule has 0 aliphatic heterocycles. The maximum Gasteiger partial charge on any atom is 0.327 e. The van der Waals surface area contributed by atoms with Crippen molar-refractivity contribution in [3.05, 3.63) is 0 Å². The summed E-state index contributed by atoms with van der Waals surface area (Å²) in [4.78, 5) is 12.1. The summed E-state index contributed by atoms with van der Waals surface area (Å²) in [5, 5.41) is 3.39. The van der Waals surface area contributed by atoms with Crippen molar-refractivity contribution in [1.82, 2.24) is 5.32 Å². The van der Waals surface area contributed by atoms with Gasteiger partial charge in [-0.15, -0.1) is 0 Å². The molecule has 1 aliphatic rings. The topological polar surface area (TPSA) is 38.3 Å². The molecular formula is C13H25NO2S. The van der Waals surface area contributed by atoms with E-state index in [0.29, 0.717) is 5.92 Å². The molecule has 1 unspecified atom stereocenters. The summed E-state index contributed by atoms with van der Waals surface area (Å²) in [7, 11) is 1.49. The van der Waals surface area contributed by atoms with E-state index in [1.54, 1.807) is 0 Å². The van der Waals surface area contributed by atoms with Gasteiger partial charge in [0.25, 0.3) is 0 Å². The van der Waals surface area contributed by atoms with E-state index in [4.69, 9.17) is 4.74 Å². The molecular weight excluding hydrogens is 234 g/mol. The molecule has 100 valence electrons. The highest BCUT2D eigenvalue weighted by atomic mass is 32.2. The van der Waals surface area contributed by atoms with Gasteiger partial charge in [-0.1, -0.05) is 20.3 Å². The van der Waals surface area contributed by atoms with Gasteiger partial charge in [0.1, 0.15) is 5.54 Å². The van der Waals surface area contributed by atoms with Crippen LogP contribution in [-0.2, 0) is 9.53 Å². The van der Waals surface area contributed by atoms with E-state index >= 15 is 0 Å². The van der Waals surface area contributed by atoms with Crippen LogP contribution in [-0.4, -0.2) is 36.7 Å². The Hall–Kier alpha value is -0.220. The van der Waals surface area contributed by atoms with Crippen LogP contribution in [0.2, 0.25) is 0 Å². The third-order valence-electron chi connectivity index (χ3n) is 3.29. The average Bonchev–Trinajstić information content (AvgIpc) is 3.16. The molecule has 0 saturated heterocycles. The number of thioether (sulfide) groups is 1. The van der Waals surface area contributed by atoms with Gasteiger partial charge < -0.3 is 10.1 Å². The molecule has 0 spiro atoms. The van der Waals surface area contributed by atoms with Gasteiger partial charge in [0.05, 0.1) is 7.11 Å². The standard InChI is InChI=1S/C13H25NO2S/c1-4-6-9-17-10-13(14-5-2,11-7-8-11)12(15)16-3/h11,14H,4-10H2,1-3H3. The third-order valence-corrected chi connectivity index (χ3v) is 4.52. The average molecular weight is 259 g/mol. The lowest BCUT2D eigenvalue weighted by Crippen LogP contribution is -2.56. The highest BCUT2D eigenvalue weighted by molar-refractivity contribution is 7.99. The molecule has 1 aliphatic carbocycles. The first kappa shape index (κ1) is 14.8. The molecule has 1 saturated carbocycles. The molecule has 1 atom stereocenters. The van der Waals surface area contributed by atoms with Crippen LogP contribution in [0.25, 0.3) is 0 Å². The first-order valence-electron chi connectivity index (χ1n) is 6.62. The molecule has 0 aromatic rings. The molecule has 17 heavy (non-hydrogen) atoms. The molecule has 1 N–H and O–H groups in total. The number of hydrogen-bond donors (Lipinski definition) is 1. The fourth-order valence-electron chi connectivity index (χ4n) is 2.16. The number of rotatable bonds is 9. The van der Waals surface area contributed by atoms with Gasteiger partial charge in [-0.2, -0.15) is 11.8 Å². The number of methoxy groups -OCH3 is 1. The number of unbranched alkanes of at least 4 members (excludes halogenated alkanes) is 1. The summed E-state index contributed by atoms with van der Waals surface area (Å²) in [5.74, 6) is 2.38. The molecule has 3 nitrogen and oxygen atoms in total. The van der Waals surface area contributed by atoms with Crippen molar-refractivity contribution in [3.8, 4) is 0 Å². The molecule has 1 fully saturated rings. The summed E-state index contributed by atoms with van der Waals surface area (Å²) < 4.78 is 5.01. The first-order chi connectivity index (χ1) is 8.21. The van der Waals surface area contributed by atoms with E-state index < -0.39 is 5.54 Å². The minimum absolute atomic E-state index is 0.0779. The molecule has 0 amide bonds. The van der Waals surface area contributed by atoms with Gasteiger partial charge >= 0.3 is 5.97 Å². The summed E-state index contributed by atoms with van der Waals surface area (Å²) >= 11 is 1.87. The molecule has 0 aromatic heterocycles. The number of likely N-dealkylation sites (N-methyl/N-ethyl adjacent to an activating group) is 1. The highest BCUT2D eigenvalue weighted by Crippen LogP contribution is 2.42. The Morgan fingerprint density at radius 3 is 2.65 bits per heavy atom. The largest absolute Gasteiger partial charge is 0.468 e. The lowest BCUT2D eigenvalue weighted by Gasteiger charge is -2.31. The Bertz CT molecular complexity index is 244. The van der Waals surface area contributed by atoms with E-state index in [9.17, 15) is 4.79 Å². The van der Waals surface area contributed by atoms with E-state index in [1.165, 1.54) is 20.0 Å². The molecule has 4 heteroatoms. The maximum atomic E-state index is 12.1. The third kappa shape index (κ3) is 3.88. The van der Waals surface area contributed by atoms with Crippen LogP contribution in [0.1, 0.15) is 39.5 Å². The quantitative estimate of drug-likeness (QED) is 0.510. The molecule has 0 radical (unpaired) electrons. The number of hydrogen-bond acceptors (Lipinski definition) is 4. The summed E-state index contributed by atoms with van der Waals surface area (Å²) in [6.07, 6.45) is 4.73. The second-order valence-electron chi connectivity index (χ2n) is 4.67. The van der Waals surface area contributed by atoms with Crippen molar-refractivity contribution >= 4 is 17.7 Å². The lowest BCUT2D eigenvalue weighted by atomic mass is 9.95. The lowest BCUT2D eigenvalue weighted by molar-refractivity contribution is -0.148. The van der Waals surface area contributed by atoms with Gasteiger partial charge in [-0.05, 0) is 37.5 Å². The van der Waals surface area contributed by atoms with Gasteiger partial charge in [0.15, 0.2) is 0 Å². The minimum atomic E-state index is -0.429. The van der Waals surface area contributed by atoms with Crippen molar-refractivity contribution in [1.29, 1.82) is 0 Å². The predicted octanol–water partition coefficient (Wildman–Crippen LogP) is 2.45. The van der Waals surface area contributed by atoms with Crippen molar-refractivity contribution < 1.29 is 9.53 Å². The molecule has 0 aromatic carbocycles. The fourth-order valence-corrected chi connectivity index (χ4v) is 3.58. The monoisotopic (exact) mass is 259 g/mol. The van der Waals surface area contributed by atoms with Gasteiger partial charge in [-0.3, -0.25) is 4.79 Å². The van der Waals surface area contributed by atoms with Gasteiger partial charge in [0, 0.05) is 5.75 Å². The van der Waals surface area contributed by atoms with Crippen molar-refractivity contribution in [2.24, 2.45) is 5.92 Å². The zero-order chi connectivity index (χ0) is 12.7. The van der Waals surface area contributed by atoms with Crippen LogP contribution in [0.4, 0.5) is 0 Å². The summed E-state index contributed by atoms with van der Waals surface area (Å²) in [6, 6.07) is 0. The van der Waals surface area contributed by atoms with Crippen molar-refractivity contribution in [2.45, 2.75) is 45.1 Å². The number of nitrogens with one attached hydrogen (secondary N) is 1. The molecule has 0 heterocycles. The first-order valence-corrected chi connectivity index (χ1v) is 7.78. The van der Waals surface area contributed by atoms with Crippen LogP contribution in [0.15, 0.2) is 0 Å². The van der Waals surface area contributed by atoms with Crippen LogP contribution >= 0.6 is 11.8 Å². The maximum absolute atomic E-state index is 12.1. The zero-order valence-corrected chi connectivity index (χ0v) is 12.1. The summed E-state index contributed by atoms with van der Waals surface area (Å²) in [6.45, 7) is 5.07. The Kier molecular flexibility index (Phi) is 6.34. The molecule has 1 rings (SSSR count). The van der Waals surface area contributed by atoms with E-state index in [2.05, 4.69) is 19.2 Å². The molecule has 0 bridgehead atoms. The van der Waals surface area contributed by atoms with Crippen LogP contribution in [0.5, 0.6) is 0 Å². The Morgan fingerprint density at radius 2 is 2.18 bits per heavy atom. The minimum Gasteiger partial charge on any atom is -0.468 e. The number of esters is 1. The van der Waals surface area contributed by atoms with Crippen LogP contribution in [0.3, 0.4) is 0 Å². The van der Waals surface area contributed by atoms with E-state index in [0.717, 1.165) is 30.9 Å². The van der Waals surface area contributed by atoms with Crippen LogP contribution < -0.4 is 5.32 Å². The van der Waals surface area contributed by atoms with E-state index in [-0.39, 0.29) is 5.97 Å². The number of ether oxygens (including phenoxy) is 1. The van der Waals surface area contributed by atoms with Gasteiger partial charge in [0.2, 0.25) is 0 Å². The van der Waals surface area contributed by atoms with Crippen molar-refractivity contribution in [3.63, 3.8) is 0 Å². The van der Waals surface area contributed by atoms with E-state index in [1.807, 2.05) is 11.8 Å². The summed E-state index contributed by atoms with van der Waals surface area (Å²) in [5.41, 5.74) is -0.429. The Balaban J connectivity index is 2.58. The second kappa shape index (κ2) is 7.27. The smallest absolute Gasteiger partial charge is 0.327 e. The normalized spacial score (nSPS) is 18.8. The van der Waals surface area contributed by atoms with Gasteiger partial charge in [-0.25, -0.2) is 0 Å². The Morgan fingerprint density at radius 1 is 1.47 bits per heavy atom. The zero-order valence-electron chi connectivity index (χ0n) is 11.3. The Labute approximate surface area is 109 Å². The van der Waals surface area contributed by atoms with Crippen LogP contribution in [0, 0.1) is 5.92 Å².